The molecular formula is C12H22O3. The molecule has 1 saturated carbocycles. The summed E-state index contributed by atoms with van der Waals surface area (Å²) in [6, 6.07) is 0. The molecule has 0 bridgehead atoms. The van der Waals surface area contributed by atoms with Crippen LogP contribution >= 0.6 is 0 Å². The summed E-state index contributed by atoms with van der Waals surface area (Å²) in [4.78, 5) is 20.8. The normalized spacial score (nSPS) is 16.7. The first-order chi connectivity index (χ1) is 6.81. The molecule has 0 aliphatic heterocycles. The highest BCUT2D eigenvalue weighted by Crippen LogP contribution is 2.12. The Kier molecular flexibility index (Phi) is 6.41. The molecule has 15 heavy (non-hydrogen) atoms. The Morgan fingerprint density at radius 1 is 1.27 bits per heavy atom. The maximum atomic E-state index is 10.5. The number of rotatable bonds is 2. The van der Waals surface area contributed by atoms with Crippen molar-refractivity contribution in [3.63, 3.8) is 0 Å². The van der Waals surface area contributed by atoms with Crippen molar-refractivity contribution in [2.45, 2.75) is 64.9 Å². The van der Waals surface area contributed by atoms with Crippen LogP contribution in [0.15, 0.2) is 0 Å². The molecule has 0 aromatic carbocycles. The van der Waals surface area contributed by atoms with E-state index in [0.717, 1.165) is 25.7 Å². The van der Waals surface area contributed by atoms with Crippen molar-refractivity contribution in [1.29, 1.82) is 0 Å². The summed E-state index contributed by atoms with van der Waals surface area (Å²) in [6.07, 6.45) is 5.48. The van der Waals surface area contributed by atoms with Crippen LogP contribution in [0.1, 0.15) is 59.3 Å². The van der Waals surface area contributed by atoms with E-state index in [-0.39, 0.29) is 12.2 Å². The second-order valence-corrected chi connectivity index (χ2v) is 4.79. The monoisotopic (exact) mass is 214 g/mol. The smallest absolute Gasteiger partial charge is 0.132 e. The summed E-state index contributed by atoms with van der Waals surface area (Å²) in [6.45, 7) is 4.71. The third kappa shape index (κ3) is 11.2. The van der Waals surface area contributed by atoms with Crippen molar-refractivity contribution in [3.05, 3.63) is 0 Å². The molecule has 1 rings (SSSR count). The molecule has 0 aromatic rings. The van der Waals surface area contributed by atoms with Gasteiger partial charge in [-0.15, -0.1) is 0 Å². The second-order valence-electron chi connectivity index (χ2n) is 4.79. The van der Waals surface area contributed by atoms with E-state index >= 15 is 0 Å². The zero-order valence-corrected chi connectivity index (χ0v) is 10.0. The Bertz CT molecular complexity index is 205. The Hall–Kier alpha value is -0.700. The molecular weight excluding hydrogens is 192 g/mol. The van der Waals surface area contributed by atoms with Gasteiger partial charge in [0.2, 0.25) is 0 Å². The highest BCUT2D eigenvalue weighted by Gasteiger charge is 2.13. The predicted molar refractivity (Wildman–Crippen MR) is 59.7 cm³/mol. The number of carbonyl (C=O) groups excluding carboxylic acids is 2. The molecule has 0 saturated heterocycles. The maximum Gasteiger partial charge on any atom is 0.132 e. The fraction of sp³-hybridized carbons (Fsp3) is 0.833. The quantitative estimate of drug-likeness (QED) is 0.767. The molecule has 3 heteroatoms. The number of hydrogen-bond donors (Lipinski definition) is 1. The van der Waals surface area contributed by atoms with E-state index in [1.54, 1.807) is 13.8 Å². The molecule has 1 fully saturated rings. The van der Waals surface area contributed by atoms with Gasteiger partial charge in [-0.2, -0.15) is 0 Å². The average Bonchev–Trinajstić information content (AvgIpc) is 2.01. The third-order valence-corrected chi connectivity index (χ3v) is 2.09. The summed E-state index contributed by atoms with van der Waals surface area (Å²) in [5, 5.41) is 8.97. The van der Waals surface area contributed by atoms with Gasteiger partial charge in [0.05, 0.1) is 5.60 Å². The van der Waals surface area contributed by atoms with Gasteiger partial charge in [-0.05, 0) is 33.6 Å². The van der Waals surface area contributed by atoms with Gasteiger partial charge in [0, 0.05) is 19.3 Å². The summed E-state index contributed by atoms with van der Waals surface area (Å²) < 4.78 is 0. The van der Waals surface area contributed by atoms with E-state index in [4.69, 9.17) is 5.11 Å². The summed E-state index contributed by atoms with van der Waals surface area (Å²) >= 11 is 0. The van der Waals surface area contributed by atoms with E-state index in [1.807, 2.05) is 0 Å². The minimum Gasteiger partial charge on any atom is -0.390 e. The molecule has 88 valence electrons. The Labute approximate surface area is 91.9 Å². The van der Waals surface area contributed by atoms with Crippen LogP contribution in [-0.4, -0.2) is 22.3 Å². The second kappa shape index (κ2) is 6.72. The van der Waals surface area contributed by atoms with Crippen molar-refractivity contribution < 1.29 is 14.7 Å². The SMILES string of the molecule is CC(=O)CC(C)(C)O.O=C1CCCCC1. The molecule has 1 aliphatic carbocycles. The number of carbonyl (C=O) groups is 2. The Balaban J connectivity index is 0.000000262. The molecule has 0 amide bonds. The predicted octanol–water partition coefficient (Wildman–Crippen LogP) is 2.26. The van der Waals surface area contributed by atoms with Crippen LogP contribution in [-0.2, 0) is 9.59 Å². The van der Waals surface area contributed by atoms with Crippen LogP contribution in [0, 0.1) is 0 Å². The molecule has 0 radical (unpaired) electrons. The molecule has 0 unspecified atom stereocenters. The summed E-state index contributed by atoms with van der Waals surface area (Å²) in [5.41, 5.74) is -0.828. The number of hydrogen-bond acceptors (Lipinski definition) is 3. The van der Waals surface area contributed by atoms with Gasteiger partial charge >= 0.3 is 0 Å². The first-order valence-corrected chi connectivity index (χ1v) is 5.55. The van der Waals surface area contributed by atoms with Gasteiger partial charge < -0.3 is 5.11 Å². The zero-order chi connectivity index (χ0) is 11.9. The summed E-state index contributed by atoms with van der Waals surface area (Å²) in [7, 11) is 0. The number of Topliss-reactive ketones (excluding diaryl/α,β-unsaturated/α-hetero) is 2. The molecule has 0 aromatic heterocycles. The largest absolute Gasteiger partial charge is 0.390 e. The lowest BCUT2D eigenvalue weighted by Crippen LogP contribution is -2.21. The highest BCUT2D eigenvalue weighted by atomic mass is 16.3. The maximum absolute atomic E-state index is 10.5. The molecule has 0 spiro atoms. The lowest BCUT2D eigenvalue weighted by molar-refractivity contribution is -0.121. The van der Waals surface area contributed by atoms with Gasteiger partial charge in [-0.25, -0.2) is 0 Å². The standard InChI is InChI=1S/C6H12O2.C6H10O/c1-5(7)4-6(2,3)8;7-6-4-2-1-3-5-6/h8H,4H2,1-3H3;1-5H2. The lowest BCUT2D eigenvalue weighted by Gasteiger charge is -2.13. The van der Waals surface area contributed by atoms with Crippen molar-refractivity contribution >= 4 is 11.6 Å². The minimum absolute atomic E-state index is 0.0255. The van der Waals surface area contributed by atoms with Crippen LogP contribution in [0.4, 0.5) is 0 Å². The van der Waals surface area contributed by atoms with Gasteiger partial charge in [0.25, 0.3) is 0 Å². The Morgan fingerprint density at radius 2 is 1.73 bits per heavy atom. The van der Waals surface area contributed by atoms with Crippen molar-refractivity contribution in [2.75, 3.05) is 0 Å². The van der Waals surface area contributed by atoms with E-state index in [1.165, 1.54) is 13.3 Å². The van der Waals surface area contributed by atoms with Gasteiger partial charge in [0.15, 0.2) is 0 Å². The van der Waals surface area contributed by atoms with Gasteiger partial charge in [-0.1, -0.05) is 6.42 Å². The van der Waals surface area contributed by atoms with E-state index < -0.39 is 5.60 Å². The van der Waals surface area contributed by atoms with Crippen LogP contribution in [0.2, 0.25) is 0 Å². The van der Waals surface area contributed by atoms with Crippen LogP contribution in [0.3, 0.4) is 0 Å². The van der Waals surface area contributed by atoms with E-state index in [9.17, 15) is 9.59 Å². The number of aliphatic hydroxyl groups is 1. The Morgan fingerprint density at radius 3 is 1.87 bits per heavy atom. The molecule has 0 atom stereocenters. The molecule has 1 aliphatic rings. The van der Waals surface area contributed by atoms with Gasteiger partial charge in [-0.3, -0.25) is 9.59 Å². The van der Waals surface area contributed by atoms with E-state index in [2.05, 4.69) is 0 Å². The fourth-order valence-corrected chi connectivity index (χ4v) is 1.56. The van der Waals surface area contributed by atoms with Crippen molar-refractivity contribution in [1.82, 2.24) is 0 Å². The molecule has 0 heterocycles. The van der Waals surface area contributed by atoms with Crippen LogP contribution in [0.25, 0.3) is 0 Å². The molecule has 3 nitrogen and oxygen atoms in total. The fourth-order valence-electron chi connectivity index (χ4n) is 1.56. The van der Waals surface area contributed by atoms with E-state index in [0.29, 0.717) is 5.78 Å². The third-order valence-electron chi connectivity index (χ3n) is 2.09. The molecule has 1 N–H and O–H groups in total. The first kappa shape index (κ1) is 14.3. The van der Waals surface area contributed by atoms with Crippen molar-refractivity contribution in [3.8, 4) is 0 Å². The van der Waals surface area contributed by atoms with Gasteiger partial charge in [0.1, 0.15) is 11.6 Å². The first-order valence-electron chi connectivity index (χ1n) is 5.55. The zero-order valence-electron chi connectivity index (χ0n) is 10.0. The lowest BCUT2D eigenvalue weighted by atomic mass is 10.00. The average molecular weight is 214 g/mol. The van der Waals surface area contributed by atoms with Crippen molar-refractivity contribution in [2.24, 2.45) is 0 Å². The minimum atomic E-state index is -0.828. The van der Waals surface area contributed by atoms with Crippen LogP contribution < -0.4 is 0 Å². The highest BCUT2D eigenvalue weighted by molar-refractivity contribution is 5.78. The summed E-state index contributed by atoms with van der Waals surface area (Å²) in [5.74, 6) is 0.490. The topological polar surface area (TPSA) is 54.4 Å². The number of ketones is 2. The van der Waals surface area contributed by atoms with Crippen LogP contribution in [0.5, 0.6) is 0 Å².